The van der Waals surface area contributed by atoms with E-state index in [1.165, 1.54) is 47.2 Å². The second kappa shape index (κ2) is 12.2. The molecule has 0 bridgehead atoms. The maximum absolute atomic E-state index is 5.76. The van der Waals surface area contributed by atoms with Gasteiger partial charge in [-0.05, 0) is 72.6 Å². The number of hydrogen-bond donors (Lipinski definition) is 0. The number of nitrogens with zero attached hydrogens (tertiary/aromatic N) is 1. The number of hydrogen-bond acceptors (Lipinski definition) is 2. The molecule has 0 radical (unpaired) electrons. The first-order chi connectivity index (χ1) is 14.8. The highest BCUT2D eigenvalue weighted by atomic mass is 16.5. The van der Waals surface area contributed by atoms with Gasteiger partial charge >= 0.3 is 0 Å². The van der Waals surface area contributed by atoms with Crippen LogP contribution in [0.4, 0.5) is 0 Å². The van der Waals surface area contributed by atoms with E-state index in [0.717, 1.165) is 44.5 Å². The first-order valence-electron chi connectivity index (χ1n) is 11.5. The fourth-order valence-electron chi connectivity index (χ4n) is 3.54. The molecule has 0 aliphatic carbocycles. The number of unbranched alkanes of at least 4 members (excludes halogenated alkanes) is 3. The van der Waals surface area contributed by atoms with Crippen molar-refractivity contribution < 1.29 is 4.74 Å². The van der Waals surface area contributed by atoms with Gasteiger partial charge in [-0.15, -0.1) is 0 Å². The second-order valence-electron chi connectivity index (χ2n) is 8.04. The third-order valence-electron chi connectivity index (χ3n) is 5.53. The standard InChI is InChI=1S/C28H35NO/c1-3-5-7-8-24-12-18-27(29-22-24)17-11-23-9-13-25(14-10-23)26-15-19-28(20-16-26)30-21-6-4-2/h9-10,12-16,18-20,22H,3-8,11,17,21H2,1-2H3. The van der Waals surface area contributed by atoms with Gasteiger partial charge in [0, 0.05) is 11.9 Å². The molecule has 3 rings (SSSR count). The summed E-state index contributed by atoms with van der Waals surface area (Å²) in [5, 5.41) is 0. The average molecular weight is 402 g/mol. The Hall–Kier alpha value is -2.61. The lowest BCUT2D eigenvalue weighted by molar-refractivity contribution is 0.309. The van der Waals surface area contributed by atoms with E-state index in [1.54, 1.807) is 0 Å². The quantitative estimate of drug-likeness (QED) is 0.294. The third kappa shape index (κ3) is 7.02. The van der Waals surface area contributed by atoms with E-state index in [1.807, 2.05) is 0 Å². The maximum Gasteiger partial charge on any atom is 0.119 e. The van der Waals surface area contributed by atoms with E-state index in [9.17, 15) is 0 Å². The first kappa shape index (κ1) is 22.1. The molecule has 0 saturated heterocycles. The Balaban J connectivity index is 1.49. The van der Waals surface area contributed by atoms with E-state index in [2.05, 4.69) is 85.7 Å². The third-order valence-corrected chi connectivity index (χ3v) is 5.53. The molecule has 0 atom stereocenters. The molecule has 30 heavy (non-hydrogen) atoms. The van der Waals surface area contributed by atoms with Crippen molar-refractivity contribution >= 4 is 0 Å². The number of benzene rings is 2. The molecular weight excluding hydrogens is 366 g/mol. The Morgan fingerprint density at radius 1 is 0.633 bits per heavy atom. The van der Waals surface area contributed by atoms with E-state index in [4.69, 9.17) is 4.74 Å². The van der Waals surface area contributed by atoms with Crippen molar-refractivity contribution in [1.82, 2.24) is 4.98 Å². The van der Waals surface area contributed by atoms with Crippen molar-refractivity contribution in [3.8, 4) is 16.9 Å². The molecule has 0 saturated carbocycles. The fourth-order valence-corrected chi connectivity index (χ4v) is 3.54. The molecule has 0 spiro atoms. The molecule has 1 aromatic heterocycles. The van der Waals surface area contributed by atoms with Crippen LogP contribution in [0.5, 0.6) is 5.75 Å². The van der Waals surface area contributed by atoms with Gasteiger partial charge in [-0.2, -0.15) is 0 Å². The van der Waals surface area contributed by atoms with Crippen LogP contribution in [0.25, 0.3) is 11.1 Å². The number of ether oxygens (including phenoxy) is 1. The zero-order valence-electron chi connectivity index (χ0n) is 18.6. The van der Waals surface area contributed by atoms with Gasteiger partial charge in [-0.1, -0.05) is 75.6 Å². The second-order valence-corrected chi connectivity index (χ2v) is 8.04. The summed E-state index contributed by atoms with van der Waals surface area (Å²) in [5.74, 6) is 0.952. The topological polar surface area (TPSA) is 22.1 Å². The van der Waals surface area contributed by atoms with Crippen LogP contribution in [0.1, 0.15) is 62.8 Å². The van der Waals surface area contributed by atoms with Gasteiger partial charge in [0.15, 0.2) is 0 Å². The zero-order chi connectivity index (χ0) is 21.0. The van der Waals surface area contributed by atoms with Crippen molar-refractivity contribution in [1.29, 1.82) is 0 Å². The van der Waals surface area contributed by atoms with Crippen molar-refractivity contribution in [2.24, 2.45) is 0 Å². The van der Waals surface area contributed by atoms with Gasteiger partial charge in [0.25, 0.3) is 0 Å². The minimum absolute atomic E-state index is 0.793. The van der Waals surface area contributed by atoms with Gasteiger partial charge in [-0.3, -0.25) is 4.98 Å². The number of aromatic nitrogens is 1. The lowest BCUT2D eigenvalue weighted by Crippen LogP contribution is -1.96. The van der Waals surface area contributed by atoms with Crippen molar-refractivity contribution in [2.75, 3.05) is 6.61 Å². The molecule has 0 fully saturated rings. The maximum atomic E-state index is 5.76. The average Bonchev–Trinajstić information content (AvgIpc) is 2.80. The van der Waals surface area contributed by atoms with Gasteiger partial charge < -0.3 is 4.74 Å². The zero-order valence-corrected chi connectivity index (χ0v) is 18.6. The van der Waals surface area contributed by atoms with Crippen molar-refractivity contribution in [2.45, 2.75) is 65.2 Å². The summed E-state index contributed by atoms with van der Waals surface area (Å²) in [6.07, 6.45) is 11.3. The van der Waals surface area contributed by atoms with Gasteiger partial charge in [0.1, 0.15) is 5.75 Å². The van der Waals surface area contributed by atoms with E-state index in [-0.39, 0.29) is 0 Å². The molecule has 2 heteroatoms. The predicted octanol–water partition coefficient (Wildman–Crippen LogP) is 7.45. The van der Waals surface area contributed by atoms with Crippen LogP contribution in [0.3, 0.4) is 0 Å². The molecule has 2 nitrogen and oxygen atoms in total. The highest BCUT2D eigenvalue weighted by Gasteiger charge is 2.02. The summed E-state index contributed by atoms with van der Waals surface area (Å²) in [7, 11) is 0. The van der Waals surface area contributed by atoms with Crippen LogP contribution in [0.2, 0.25) is 0 Å². The molecular formula is C28H35NO. The first-order valence-corrected chi connectivity index (χ1v) is 11.5. The minimum Gasteiger partial charge on any atom is -0.494 e. The summed E-state index contributed by atoms with van der Waals surface area (Å²) in [6.45, 7) is 5.22. The highest BCUT2D eigenvalue weighted by Crippen LogP contribution is 2.23. The van der Waals surface area contributed by atoms with Crippen LogP contribution in [-0.2, 0) is 19.3 Å². The highest BCUT2D eigenvalue weighted by molar-refractivity contribution is 5.64. The number of rotatable bonds is 12. The van der Waals surface area contributed by atoms with E-state index >= 15 is 0 Å². The molecule has 1 heterocycles. The Bertz CT molecular complexity index is 851. The molecule has 0 N–H and O–H groups in total. The Morgan fingerprint density at radius 2 is 1.30 bits per heavy atom. The van der Waals surface area contributed by atoms with Crippen molar-refractivity contribution in [3.05, 3.63) is 83.7 Å². The van der Waals surface area contributed by atoms with E-state index < -0.39 is 0 Å². The predicted molar refractivity (Wildman–Crippen MR) is 127 cm³/mol. The van der Waals surface area contributed by atoms with Crippen LogP contribution in [0, 0.1) is 0 Å². The smallest absolute Gasteiger partial charge is 0.119 e. The Labute approximate surface area is 182 Å². The molecule has 0 aliphatic heterocycles. The summed E-state index contributed by atoms with van der Waals surface area (Å²) in [6, 6.07) is 21.8. The van der Waals surface area contributed by atoms with Gasteiger partial charge in [-0.25, -0.2) is 0 Å². The van der Waals surface area contributed by atoms with Crippen LogP contribution < -0.4 is 4.74 Å². The summed E-state index contributed by atoms with van der Waals surface area (Å²) in [5.41, 5.74) is 6.36. The van der Waals surface area contributed by atoms with Crippen LogP contribution in [-0.4, -0.2) is 11.6 Å². The Kier molecular flexibility index (Phi) is 8.96. The van der Waals surface area contributed by atoms with Gasteiger partial charge in [0.05, 0.1) is 6.61 Å². The molecule has 0 unspecified atom stereocenters. The summed E-state index contributed by atoms with van der Waals surface area (Å²) < 4.78 is 5.76. The lowest BCUT2D eigenvalue weighted by atomic mass is 10.0. The monoisotopic (exact) mass is 401 g/mol. The normalized spacial score (nSPS) is 10.9. The van der Waals surface area contributed by atoms with E-state index in [0.29, 0.717) is 0 Å². The number of aryl methyl sites for hydroxylation is 3. The summed E-state index contributed by atoms with van der Waals surface area (Å²) in [4.78, 5) is 4.66. The fraction of sp³-hybridized carbons (Fsp3) is 0.393. The van der Waals surface area contributed by atoms with Crippen molar-refractivity contribution in [3.63, 3.8) is 0 Å². The molecule has 3 aromatic rings. The molecule has 0 amide bonds. The van der Waals surface area contributed by atoms with Crippen LogP contribution >= 0.6 is 0 Å². The SMILES string of the molecule is CCCCCc1ccc(CCc2ccc(-c3ccc(OCCCC)cc3)cc2)nc1. The van der Waals surface area contributed by atoms with Gasteiger partial charge in [0.2, 0.25) is 0 Å². The molecule has 0 aliphatic rings. The lowest BCUT2D eigenvalue weighted by Gasteiger charge is -2.08. The summed E-state index contributed by atoms with van der Waals surface area (Å²) >= 11 is 0. The molecule has 2 aromatic carbocycles. The number of pyridine rings is 1. The largest absolute Gasteiger partial charge is 0.494 e. The molecule has 158 valence electrons. The minimum atomic E-state index is 0.793. The van der Waals surface area contributed by atoms with Crippen LogP contribution in [0.15, 0.2) is 66.9 Å². The Morgan fingerprint density at radius 3 is 1.93 bits per heavy atom.